The molecule has 4 aromatic rings. The number of carbonyl (C=O) groups is 1. The number of carboxylic acids is 1. The molecule has 0 saturated heterocycles. The lowest BCUT2D eigenvalue weighted by molar-refractivity contribution is 0.0696. The first kappa shape index (κ1) is 23.8. The summed E-state index contributed by atoms with van der Waals surface area (Å²) >= 11 is 0. The Bertz CT molecular complexity index is 1410. The number of para-hydroxylation sites is 1. The summed E-state index contributed by atoms with van der Waals surface area (Å²) in [5, 5.41) is 15.1. The van der Waals surface area contributed by atoms with E-state index in [9.17, 15) is 14.3 Å². The molecule has 1 aliphatic rings. The van der Waals surface area contributed by atoms with E-state index < -0.39 is 24.2 Å². The Balaban J connectivity index is 1.37. The number of fused-ring (bicyclic) bond motifs is 2. The standard InChI is InChI=1S/C29H26F2N2O3/c1-18(22-12-5-8-19-7-2-3-11-23(19)22)32-16-15-26-28(31)33(21-10-4-9-20(17-21)29(34)35)25-14-6-13-24(30)27(25)36-26/h2-14,17-18,26,28,32H,15-16H2,1H3,(H,34,35)/t18-,26?,28?/m1/s1. The molecule has 2 N–H and O–H groups in total. The van der Waals surface area contributed by atoms with Crippen LogP contribution < -0.4 is 15.0 Å². The first-order valence-electron chi connectivity index (χ1n) is 11.9. The summed E-state index contributed by atoms with van der Waals surface area (Å²) < 4.78 is 36.4. The zero-order valence-electron chi connectivity index (χ0n) is 19.7. The third-order valence-electron chi connectivity index (χ3n) is 6.57. The highest BCUT2D eigenvalue weighted by atomic mass is 19.1. The zero-order chi connectivity index (χ0) is 25.2. The quantitative estimate of drug-likeness (QED) is 0.287. The van der Waals surface area contributed by atoms with Gasteiger partial charge in [-0.05, 0) is 60.1 Å². The maximum absolute atomic E-state index is 15.9. The second-order valence-electron chi connectivity index (χ2n) is 8.88. The number of hydrogen-bond donors (Lipinski definition) is 2. The molecular weight excluding hydrogens is 462 g/mol. The van der Waals surface area contributed by atoms with Crippen LogP contribution in [0.3, 0.4) is 0 Å². The van der Waals surface area contributed by atoms with Crippen molar-refractivity contribution in [3.8, 4) is 5.75 Å². The summed E-state index contributed by atoms with van der Waals surface area (Å²) in [5.74, 6) is -1.76. The van der Waals surface area contributed by atoms with Crippen LogP contribution in [0.2, 0.25) is 0 Å². The molecule has 4 aromatic carbocycles. The number of ether oxygens (including phenoxy) is 1. The van der Waals surface area contributed by atoms with Gasteiger partial charge in [-0.3, -0.25) is 0 Å². The SMILES string of the molecule is C[C@@H](NCCC1Oc2c(F)cccc2N(c2cccc(C(=O)O)c2)C1F)c1cccc2ccccc12. The van der Waals surface area contributed by atoms with Crippen molar-refractivity contribution in [1.82, 2.24) is 5.32 Å². The average molecular weight is 489 g/mol. The van der Waals surface area contributed by atoms with Gasteiger partial charge in [0.2, 0.25) is 6.30 Å². The third-order valence-corrected chi connectivity index (χ3v) is 6.57. The minimum atomic E-state index is -1.64. The fourth-order valence-electron chi connectivity index (χ4n) is 4.76. The Morgan fingerprint density at radius 2 is 1.81 bits per heavy atom. The van der Waals surface area contributed by atoms with E-state index in [-0.39, 0.29) is 29.5 Å². The van der Waals surface area contributed by atoms with Crippen molar-refractivity contribution < 1.29 is 23.4 Å². The van der Waals surface area contributed by atoms with Crippen LogP contribution in [0.1, 0.15) is 35.3 Å². The number of halogens is 2. The third kappa shape index (κ3) is 4.50. The summed E-state index contributed by atoms with van der Waals surface area (Å²) in [6, 6.07) is 24.6. The van der Waals surface area contributed by atoms with E-state index in [4.69, 9.17) is 4.74 Å². The first-order valence-corrected chi connectivity index (χ1v) is 11.9. The molecule has 0 amide bonds. The molecule has 7 heteroatoms. The van der Waals surface area contributed by atoms with Gasteiger partial charge in [-0.25, -0.2) is 13.6 Å². The smallest absolute Gasteiger partial charge is 0.335 e. The van der Waals surface area contributed by atoms with Gasteiger partial charge in [0, 0.05) is 18.2 Å². The van der Waals surface area contributed by atoms with Crippen molar-refractivity contribution in [1.29, 1.82) is 0 Å². The van der Waals surface area contributed by atoms with Crippen molar-refractivity contribution in [2.75, 3.05) is 11.4 Å². The predicted octanol–water partition coefficient (Wildman–Crippen LogP) is 6.61. The van der Waals surface area contributed by atoms with Crippen LogP contribution in [0.5, 0.6) is 5.75 Å². The van der Waals surface area contributed by atoms with Crippen LogP contribution in [0.25, 0.3) is 10.8 Å². The highest BCUT2D eigenvalue weighted by Gasteiger charge is 2.38. The molecule has 0 saturated carbocycles. The Hall–Kier alpha value is -3.97. The van der Waals surface area contributed by atoms with Gasteiger partial charge >= 0.3 is 5.97 Å². The summed E-state index contributed by atoms with van der Waals surface area (Å²) in [4.78, 5) is 12.8. The van der Waals surface area contributed by atoms with Crippen molar-refractivity contribution in [2.45, 2.75) is 31.8 Å². The minimum Gasteiger partial charge on any atom is -0.480 e. The number of nitrogens with one attached hydrogen (secondary N) is 1. The number of aromatic carboxylic acids is 1. The molecule has 36 heavy (non-hydrogen) atoms. The van der Waals surface area contributed by atoms with E-state index in [1.54, 1.807) is 18.2 Å². The summed E-state index contributed by atoms with van der Waals surface area (Å²) in [6.07, 6.45) is -2.33. The van der Waals surface area contributed by atoms with Crippen LogP contribution in [-0.2, 0) is 0 Å². The van der Waals surface area contributed by atoms with Crippen LogP contribution >= 0.6 is 0 Å². The van der Waals surface area contributed by atoms with Crippen LogP contribution in [-0.4, -0.2) is 30.0 Å². The monoisotopic (exact) mass is 488 g/mol. The lowest BCUT2D eigenvalue weighted by Crippen LogP contribution is -2.46. The zero-order valence-corrected chi connectivity index (χ0v) is 19.7. The molecule has 0 aliphatic carbocycles. The van der Waals surface area contributed by atoms with Crippen molar-refractivity contribution in [3.63, 3.8) is 0 Å². The molecular formula is C29H26F2N2O3. The fraction of sp³-hybridized carbons (Fsp3) is 0.207. The van der Waals surface area contributed by atoms with E-state index in [0.29, 0.717) is 12.2 Å². The molecule has 2 unspecified atom stereocenters. The highest BCUT2D eigenvalue weighted by molar-refractivity contribution is 5.89. The number of carboxylic acid groups (broad SMARTS) is 1. The van der Waals surface area contributed by atoms with E-state index >= 15 is 4.39 Å². The molecule has 0 fully saturated rings. The van der Waals surface area contributed by atoms with Crippen LogP contribution in [0.15, 0.2) is 84.9 Å². The van der Waals surface area contributed by atoms with Crippen molar-refractivity contribution >= 4 is 28.1 Å². The maximum Gasteiger partial charge on any atom is 0.335 e. The summed E-state index contributed by atoms with van der Waals surface area (Å²) in [6.45, 7) is 2.48. The number of hydrogen-bond acceptors (Lipinski definition) is 4. The molecule has 0 radical (unpaired) electrons. The van der Waals surface area contributed by atoms with Gasteiger partial charge in [0.1, 0.15) is 0 Å². The Morgan fingerprint density at radius 1 is 1.06 bits per heavy atom. The second-order valence-corrected chi connectivity index (χ2v) is 8.88. The topological polar surface area (TPSA) is 61.8 Å². The molecule has 3 atom stereocenters. The van der Waals surface area contributed by atoms with Gasteiger partial charge in [-0.1, -0.05) is 54.6 Å². The molecule has 0 bridgehead atoms. The van der Waals surface area contributed by atoms with E-state index in [2.05, 4.69) is 36.5 Å². The minimum absolute atomic E-state index is 0.00475. The molecule has 5 nitrogen and oxygen atoms in total. The molecule has 0 aromatic heterocycles. The molecule has 184 valence electrons. The largest absolute Gasteiger partial charge is 0.480 e. The first-order chi connectivity index (χ1) is 17.4. The lowest BCUT2D eigenvalue weighted by Gasteiger charge is -2.39. The normalized spacial score (nSPS) is 17.9. The van der Waals surface area contributed by atoms with Gasteiger partial charge in [-0.15, -0.1) is 0 Å². The Labute approximate surface area is 207 Å². The highest BCUT2D eigenvalue weighted by Crippen LogP contribution is 2.43. The Morgan fingerprint density at radius 3 is 2.64 bits per heavy atom. The van der Waals surface area contributed by atoms with Gasteiger partial charge in [0.25, 0.3) is 0 Å². The number of nitrogens with zero attached hydrogens (tertiary/aromatic N) is 1. The molecule has 1 aliphatic heterocycles. The van der Waals surface area contributed by atoms with Gasteiger partial charge < -0.3 is 20.1 Å². The number of alkyl halides is 1. The summed E-state index contributed by atoms with van der Waals surface area (Å²) in [7, 11) is 0. The molecule has 5 rings (SSSR count). The van der Waals surface area contributed by atoms with Gasteiger partial charge in [0.05, 0.1) is 11.3 Å². The van der Waals surface area contributed by atoms with E-state index in [0.717, 1.165) is 16.3 Å². The fourth-order valence-corrected chi connectivity index (χ4v) is 4.76. The van der Waals surface area contributed by atoms with E-state index in [1.807, 2.05) is 18.2 Å². The molecule has 1 heterocycles. The lowest BCUT2D eigenvalue weighted by atomic mass is 9.99. The van der Waals surface area contributed by atoms with Crippen LogP contribution in [0.4, 0.5) is 20.2 Å². The number of benzene rings is 4. The van der Waals surface area contributed by atoms with Crippen LogP contribution in [0, 0.1) is 5.82 Å². The summed E-state index contributed by atoms with van der Waals surface area (Å²) in [5.41, 5.74) is 1.70. The second kappa shape index (κ2) is 9.95. The van der Waals surface area contributed by atoms with Gasteiger partial charge in [0.15, 0.2) is 17.7 Å². The van der Waals surface area contributed by atoms with Crippen molar-refractivity contribution in [3.05, 3.63) is 102 Å². The average Bonchev–Trinajstić information content (AvgIpc) is 2.89. The molecule has 0 spiro atoms. The van der Waals surface area contributed by atoms with Crippen molar-refractivity contribution in [2.24, 2.45) is 0 Å². The number of rotatable bonds is 7. The Kier molecular flexibility index (Phi) is 6.57. The van der Waals surface area contributed by atoms with Gasteiger partial charge in [-0.2, -0.15) is 0 Å². The predicted molar refractivity (Wildman–Crippen MR) is 136 cm³/mol. The number of anilines is 2. The maximum atomic E-state index is 15.9. The van der Waals surface area contributed by atoms with E-state index in [1.165, 1.54) is 29.2 Å².